The number of imidazole rings is 1. The van der Waals surface area contributed by atoms with Crippen molar-refractivity contribution in [3.8, 4) is 0 Å². The Labute approximate surface area is 143 Å². The Hall–Kier alpha value is -0.260. The van der Waals surface area contributed by atoms with E-state index in [1.54, 1.807) is 17.4 Å². The highest BCUT2D eigenvalue weighted by Gasteiger charge is 2.13. The number of hydrogen-bond donors (Lipinski definition) is 0. The molecule has 2 heterocycles. The van der Waals surface area contributed by atoms with Crippen molar-refractivity contribution in [2.45, 2.75) is 12.4 Å². The molecule has 0 aliphatic heterocycles. The highest BCUT2D eigenvalue weighted by atomic mass is 79.9. The molecule has 0 N–H and O–H groups in total. The Kier molecular flexibility index (Phi) is 4.29. The van der Waals surface area contributed by atoms with Crippen molar-refractivity contribution < 1.29 is 0 Å². The number of rotatable bonds is 3. The highest BCUT2D eigenvalue weighted by Crippen LogP contribution is 2.30. The fourth-order valence-electron chi connectivity index (χ4n) is 2.04. The largest absolute Gasteiger partial charge is 0.322 e. The molecule has 0 radical (unpaired) electrons. The molecule has 0 saturated carbocycles. The highest BCUT2D eigenvalue weighted by molar-refractivity contribution is 9.10. The molecule has 3 rings (SSSR count). The molecule has 3 aromatic rings. The number of alkyl halides is 1. The van der Waals surface area contributed by atoms with E-state index in [0.29, 0.717) is 22.5 Å². The Morgan fingerprint density at radius 3 is 2.60 bits per heavy atom. The van der Waals surface area contributed by atoms with Gasteiger partial charge in [0.05, 0.1) is 33.5 Å². The molecule has 0 bridgehead atoms. The van der Waals surface area contributed by atoms with Crippen molar-refractivity contribution >= 4 is 73.1 Å². The summed E-state index contributed by atoms with van der Waals surface area (Å²) in [4.78, 5) is 5.73. The predicted molar refractivity (Wildman–Crippen MR) is 90.4 cm³/mol. The van der Waals surface area contributed by atoms with Gasteiger partial charge in [-0.2, -0.15) is 0 Å². The third kappa shape index (κ3) is 2.72. The van der Waals surface area contributed by atoms with E-state index in [2.05, 4.69) is 36.9 Å². The second-order valence-corrected chi connectivity index (χ2v) is 7.23. The van der Waals surface area contributed by atoms with Crippen LogP contribution < -0.4 is 0 Å². The van der Waals surface area contributed by atoms with E-state index in [9.17, 15) is 0 Å². The fraction of sp³-hybridized carbons (Fsp3) is 0.154. The number of aromatic nitrogens is 2. The zero-order valence-corrected chi connectivity index (χ0v) is 14.7. The van der Waals surface area contributed by atoms with Crippen molar-refractivity contribution in [1.29, 1.82) is 0 Å². The van der Waals surface area contributed by atoms with Gasteiger partial charge in [-0.15, -0.1) is 22.9 Å². The summed E-state index contributed by atoms with van der Waals surface area (Å²) in [6, 6.07) is 5.70. The monoisotopic (exact) mass is 408 g/mol. The van der Waals surface area contributed by atoms with E-state index in [0.717, 1.165) is 21.3 Å². The number of halogens is 4. The number of hydrogen-bond acceptors (Lipinski definition) is 2. The topological polar surface area (TPSA) is 17.8 Å². The minimum absolute atomic E-state index is 0.344. The van der Waals surface area contributed by atoms with Gasteiger partial charge in [-0.3, -0.25) is 0 Å². The van der Waals surface area contributed by atoms with E-state index in [1.165, 1.54) is 4.88 Å². The molecule has 0 saturated heterocycles. The third-order valence-electron chi connectivity index (χ3n) is 2.92. The van der Waals surface area contributed by atoms with Gasteiger partial charge < -0.3 is 4.57 Å². The van der Waals surface area contributed by atoms with Crippen molar-refractivity contribution in [3.63, 3.8) is 0 Å². The van der Waals surface area contributed by atoms with Crippen LogP contribution in [-0.2, 0) is 12.4 Å². The molecule has 0 spiro atoms. The van der Waals surface area contributed by atoms with E-state index in [4.69, 9.17) is 34.8 Å². The second-order valence-electron chi connectivity index (χ2n) is 4.23. The number of fused-ring (bicyclic) bond motifs is 1. The lowest BCUT2D eigenvalue weighted by atomic mass is 10.3. The molecule has 2 aromatic heterocycles. The Morgan fingerprint density at radius 1 is 1.20 bits per heavy atom. The summed E-state index contributed by atoms with van der Waals surface area (Å²) in [5.74, 6) is 1.15. The summed E-state index contributed by atoms with van der Waals surface area (Å²) in [6.45, 7) is 0.715. The van der Waals surface area contributed by atoms with Crippen LogP contribution in [0.25, 0.3) is 11.0 Å². The average molecular weight is 411 g/mol. The normalized spacial score (nSPS) is 11.4. The maximum Gasteiger partial charge on any atom is 0.125 e. The zero-order chi connectivity index (χ0) is 14.3. The lowest BCUT2D eigenvalue weighted by molar-refractivity contribution is 0.789. The first kappa shape index (κ1) is 14.7. The minimum Gasteiger partial charge on any atom is -0.322 e. The molecule has 7 heteroatoms. The van der Waals surface area contributed by atoms with Crippen LogP contribution in [0, 0.1) is 0 Å². The quantitative estimate of drug-likeness (QED) is 0.488. The van der Waals surface area contributed by atoms with Gasteiger partial charge in [-0.05, 0) is 34.1 Å². The zero-order valence-electron chi connectivity index (χ0n) is 10.0. The molecule has 0 amide bonds. The van der Waals surface area contributed by atoms with Gasteiger partial charge in [0.2, 0.25) is 0 Å². The number of thiophene rings is 1. The summed E-state index contributed by atoms with van der Waals surface area (Å²) in [5, 5.41) is 3.08. The molecule has 0 fully saturated rings. The molecule has 20 heavy (non-hydrogen) atoms. The summed E-state index contributed by atoms with van der Waals surface area (Å²) in [6.07, 6.45) is 0. The molecule has 2 nitrogen and oxygen atoms in total. The molecule has 104 valence electrons. The Balaban J connectivity index is 2.14. The van der Waals surface area contributed by atoms with Gasteiger partial charge in [0.1, 0.15) is 5.82 Å². The predicted octanol–water partition coefficient (Wildman–Crippen LogP) is 5.95. The molecule has 0 atom stereocenters. The van der Waals surface area contributed by atoms with Gasteiger partial charge >= 0.3 is 0 Å². The van der Waals surface area contributed by atoms with Crippen molar-refractivity contribution in [2.24, 2.45) is 0 Å². The van der Waals surface area contributed by atoms with Crippen molar-refractivity contribution in [1.82, 2.24) is 9.55 Å². The molecule has 0 aliphatic carbocycles. The maximum absolute atomic E-state index is 6.11. The average Bonchev–Trinajstić information content (AvgIpc) is 2.96. The first-order valence-electron chi connectivity index (χ1n) is 5.71. The molecule has 1 aromatic carbocycles. The van der Waals surface area contributed by atoms with E-state index in [1.807, 2.05) is 6.07 Å². The van der Waals surface area contributed by atoms with E-state index >= 15 is 0 Å². The smallest absolute Gasteiger partial charge is 0.125 e. The van der Waals surface area contributed by atoms with Crippen LogP contribution in [0.5, 0.6) is 0 Å². The van der Waals surface area contributed by atoms with Crippen molar-refractivity contribution in [3.05, 3.63) is 48.8 Å². The van der Waals surface area contributed by atoms with Crippen LogP contribution >= 0.6 is 62.1 Å². The summed E-state index contributed by atoms with van der Waals surface area (Å²) in [7, 11) is 0. The van der Waals surface area contributed by atoms with Gasteiger partial charge in [-0.1, -0.05) is 23.2 Å². The van der Waals surface area contributed by atoms with Gasteiger partial charge in [0.25, 0.3) is 0 Å². The molecule has 0 unspecified atom stereocenters. The first-order chi connectivity index (χ1) is 9.58. The molecular formula is C13H8BrCl3N2S. The first-order valence-corrected chi connectivity index (χ1v) is 8.68. The molecular weight excluding hydrogens is 402 g/mol. The van der Waals surface area contributed by atoms with Crippen molar-refractivity contribution in [2.75, 3.05) is 0 Å². The summed E-state index contributed by atoms with van der Waals surface area (Å²) < 4.78 is 3.15. The van der Waals surface area contributed by atoms with Gasteiger partial charge in [0.15, 0.2) is 0 Å². The van der Waals surface area contributed by atoms with Crippen LogP contribution in [0.15, 0.2) is 28.1 Å². The van der Waals surface area contributed by atoms with Crippen LogP contribution in [0.4, 0.5) is 0 Å². The van der Waals surface area contributed by atoms with Gasteiger partial charge in [0, 0.05) is 14.7 Å². The summed E-state index contributed by atoms with van der Waals surface area (Å²) >= 11 is 23.3. The number of benzene rings is 1. The lowest BCUT2D eigenvalue weighted by Crippen LogP contribution is -2.02. The fourth-order valence-corrected chi connectivity index (χ4v) is 4.00. The Morgan fingerprint density at radius 2 is 1.95 bits per heavy atom. The minimum atomic E-state index is 0.344. The second kappa shape index (κ2) is 5.85. The van der Waals surface area contributed by atoms with E-state index in [-0.39, 0.29) is 0 Å². The number of nitrogens with zero attached hydrogens (tertiary/aromatic N) is 2. The van der Waals surface area contributed by atoms with Crippen LogP contribution in [0.2, 0.25) is 10.0 Å². The van der Waals surface area contributed by atoms with Crippen LogP contribution in [0.3, 0.4) is 0 Å². The summed E-state index contributed by atoms with van der Waals surface area (Å²) in [5.41, 5.74) is 1.75. The SMILES string of the molecule is ClCc1nc2cc(Cl)c(Cl)cc2n1Cc1cc(Br)cs1. The third-order valence-corrected chi connectivity index (χ3v) is 5.57. The molecule has 0 aliphatic rings. The standard InChI is InChI=1S/C13H8BrCl3N2S/c14-7-1-8(20-6-7)5-19-12-3-10(17)9(16)2-11(12)18-13(19)4-15/h1-3,6H,4-5H2. The maximum atomic E-state index is 6.11. The van der Waals surface area contributed by atoms with Gasteiger partial charge in [-0.25, -0.2) is 4.98 Å². The van der Waals surface area contributed by atoms with Crippen LogP contribution in [-0.4, -0.2) is 9.55 Å². The Bertz CT molecular complexity index is 781. The van der Waals surface area contributed by atoms with Crippen LogP contribution in [0.1, 0.15) is 10.7 Å². The van der Waals surface area contributed by atoms with E-state index < -0.39 is 0 Å². The lowest BCUT2D eigenvalue weighted by Gasteiger charge is -2.06.